The van der Waals surface area contributed by atoms with Crippen LogP contribution in [0, 0.1) is 5.41 Å². The minimum Gasteiger partial charge on any atom is -0.389 e. The Morgan fingerprint density at radius 1 is 1.44 bits per heavy atom. The van der Waals surface area contributed by atoms with Crippen LogP contribution in [0.1, 0.15) is 38.2 Å². The Labute approximate surface area is 122 Å². The van der Waals surface area contributed by atoms with E-state index >= 15 is 0 Å². The van der Waals surface area contributed by atoms with Crippen molar-refractivity contribution in [2.24, 2.45) is 11.1 Å². The lowest BCUT2D eigenvalue weighted by Crippen LogP contribution is -2.24. The number of hydrogen-bond donors (Lipinski definition) is 2. The normalized spacial score (nSPS) is 17.7. The SMILES string of the molecule is CC1(CNc2cccc(Br)c2C(N)=S)CCCC1. The van der Waals surface area contributed by atoms with E-state index in [-0.39, 0.29) is 0 Å². The fourth-order valence-corrected chi connectivity index (χ4v) is 3.57. The average molecular weight is 327 g/mol. The van der Waals surface area contributed by atoms with E-state index in [9.17, 15) is 0 Å². The Balaban J connectivity index is 2.14. The molecule has 1 fully saturated rings. The summed E-state index contributed by atoms with van der Waals surface area (Å²) in [4.78, 5) is 0.432. The van der Waals surface area contributed by atoms with Gasteiger partial charge in [0.1, 0.15) is 4.99 Å². The number of nitrogens with two attached hydrogens (primary N) is 1. The van der Waals surface area contributed by atoms with Gasteiger partial charge in [0.25, 0.3) is 0 Å². The highest BCUT2D eigenvalue weighted by Crippen LogP contribution is 2.38. The lowest BCUT2D eigenvalue weighted by atomic mass is 9.89. The molecule has 4 heteroatoms. The smallest absolute Gasteiger partial charge is 0.107 e. The zero-order valence-electron chi connectivity index (χ0n) is 10.6. The predicted octanol–water partition coefficient (Wildman–Crippen LogP) is 4.08. The molecule has 18 heavy (non-hydrogen) atoms. The van der Waals surface area contributed by atoms with Crippen molar-refractivity contribution < 1.29 is 0 Å². The van der Waals surface area contributed by atoms with Gasteiger partial charge in [0.2, 0.25) is 0 Å². The van der Waals surface area contributed by atoms with Crippen LogP contribution in [0.3, 0.4) is 0 Å². The maximum atomic E-state index is 5.79. The zero-order chi connectivity index (χ0) is 13.2. The molecule has 0 amide bonds. The summed E-state index contributed by atoms with van der Waals surface area (Å²) in [5, 5.41) is 3.52. The number of rotatable bonds is 4. The molecule has 1 aliphatic carbocycles. The van der Waals surface area contributed by atoms with Crippen LogP contribution in [-0.2, 0) is 0 Å². The molecule has 0 atom stereocenters. The Kier molecular flexibility index (Phi) is 4.28. The lowest BCUT2D eigenvalue weighted by Gasteiger charge is -2.25. The molecule has 1 saturated carbocycles. The van der Waals surface area contributed by atoms with Crippen molar-refractivity contribution in [3.8, 4) is 0 Å². The second kappa shape index (κ2) is 5.57. The molecule has 1 aliphatic rings. The molecule has 2 nitrogen and oxygen atoms in total. The van der Waals surface area contributed by atoms with Gasteiger partial charge in [-0.1, -0.05) is 38.0 Å². The van der Waals surface area contributed by atoms with Crippen molar-refractivity contribution in [3.05, 3.63) is 28.2 Å². The zero-order valence-corrected chi connectivity index (χ0v) is 13.0. The molecule has 0 aromatic heterocycles. The van der Waals surface area contributed by atoms with Gasteiger partial charge in [-0.2, -0.15) is 0 Å². The molecule has 1 aromatic carbocycles. The largest absolute Gasteiger partial charge is 0.389 e. The van der Waals surface area contributed by atoms with Crippen LogP contribution in [0.15, 0.2) is 22.7 Å². The highest BCUT2D eigenvalue weighted by molar-refractivity contribution is 9.10. The highest BCUT2D eigenvalue weighted by Gasteiger charge is 2.28. The summed E-state index contributed by atoms with van der Waals surface area (Å²) in [6, 6.07) is 6.01. The maximum absolute atomic E-state index is 5.79. The van der Waals surface area contributed by atoms with Gasteiger partial charge in [0.15, 0.2) is 0 Å². The topological polar surface area (TPSA) is 38.0 Å². The van der Waals surface area contributed by atoms with Crippen LogP contribution >= 0.6 is 28.1 Å². The first-order valence-electron chi connectivity index (χ1n) is 6.34. The molecule has 0 bridgehead atoms. The van der Waals surface area contributed by atoms with Crippen molar-refractivity contribution >= 4 is 38.8 Å². The van der Waals surface area contributed by atoms with Crippen LogP contribution in [-0.4, -0.2) is 11.5 Å². The van der Waals surface area contributed by atoms with E-state index in [1.807, 2.05) is 18.2 Å². The second-order valence-corrected chi connectivity index (χ2v) is 6.69. The Morgan fingerprint density at radius 3 is 2.72 bits per heavy atom. The van der Waals surface area contributed by atoms with E-state index in [2.05, 4.69) is 28.2 Å². The third-order valence-corrected chi connectivity index (χ3v) is 4.64. The van der Waals surface area contributed by atoms with Crippen molar-refractivity contribution in [1.82, 2.24) is 0 Å². The van der Waals surface area contributed by atoms with Gasteiger partial charge in [-0.05, 0) is 46.3 Å². The highest BCUT2D eigenvalue weighted by atomic mass is 79.9. The number of thiocarbonyl (C=S) groups is 1. The van der Waals surface area contributed by atoms with E-state index in [4.69, 9.17) is 18.0 Å². The Hall–Kier alpha value is -0.610. The third-order valence-electron chi connectivity index (χ3n) is 3.78. The first kappa shape index (κ1) is 13.8. The second-order valence-electron chi connectivity index (χ2n) is 5.40. The molecule has 0 aliphatic heterocycles. The van der Waals surface area contributed by atoms with Gasteiger partial charge < -0.3 is 11.1 Å². The minimum atomic E-state index is 0.413. The van der Waals surface area contributed by atoms with Crippen molar-refractivity contribution in [3.63, 3.8) is 0 Å². The summed E-state index contributed by atoms with van der Waals surface area (Å²) in [5.41, 5.74) is 8.15. The summed E-state index contributed by atoms with van der Waals surface area (Å²) >= 11 is 8.63. The number of halogens is 1. The summed E-state index contributed by atoms with van der Waals surface area (Å²) in [6.45, 7) is 3.34. The van der Waals surface area contributed by atoms with Gasteiger partial charge >= 0.3 is 0 Å². The van der Waals surface area contributed by atoms with E-state index in [1.165, 1.54) is 25.7 Å². The summed E-state index contributed by atoms with van der Waals surface area (Å²) in [5.74, 6) is 0. The molecular formula is C14H19BrN2S. The molecule has 0 radical (unpaired) electrons. The number of nitrogens with one attached hydrogen (secondary N) is 1. The first-order chi connectivity index (χ1) is 8.52. The fourth-order valence-electron chi connectivity index (χ4n) is 2.64. The molecule has 0 saturated heterocycles. The summed E-state index contributed by atoms with van der Waals surface area (Å²) < 4.78 is 0.955. The average Bonchev–Trinajstić information content (AvgIpc) is 2.73. The van der Waals surface area contributed by atoms with Gasteiger partial charge in [-0.15, -0.1) is 0 Å². The predicted molar refractivity (Wildman–Crippen MR) is 85.1 cm³/mol. The van der Waals surface area contributed by atoms with Gasteiger partial charge in [-0.3, -0.25) is 0 Å². The lowest BCUT2D eigenvalue weighted by molar-refractivity contribution is 0.362. The van der Waals surface area contributed by atoms with Crippen LogP contribution < -0.4 is 11.1 Å². The molecule has 3 N–H and O–H groups in total. The van der Waals surface area contributed by atoms with E-state index < -0.39 is 0 Å². The molecule has 0 unspecified atom stereocenters. The molecule has 98 valence electrons. The molecular weight excluding hydrogens is 308 g/mol. The Bertz CT molecular complexity index is 453. The summed E-state index contributed by atoms with van der Waals surface area (Å²) in [6.07, 6.45) is 5.30. The van der Waals surface area contributed by atoms with Gasteiger partial charge in [0.05, 0.1) is 0 Å². The van der Waals surface area contributed by atoms with E-state index in [0.29, 0.717) is 10.4 Å². The van der Waals surface area contributed by atoms with Crippen LogP contribution in [0.2, 0.25) is 0 Å². The molecule has 0 heterocycles. The maximum Gasteiger partial charge on any atom is 0.107 e. The number of anilines is 1. The number of hydrogen-bond acceptors (Lipinski definition) is 2. The minimum absolute atomic E-state index is 0.413. The molecule has 0 spiro atoms. The molecule has 2 rings (SSSR count). The van der Waals surface area contributed by atoms with Crippen molar-refractivity contribution in [2.75, 3.05) is 11.9 Å². The monoisotopic (exact) mass is 326 g/mol. The van der Waals surface area contributed by atoms with Crippen molar-refractivity contribution in [2.45, 2.75) is 32.6 Å². The number of benzene rings is 1. The third kappa shape index (κ3) is 3.04. The Morgan fingerprint density at radius 2 is 2.11 bits per heavy atom. The quantitative estimate of drug-likeness (QED) is 0.819. The van der Waals surface area contributed by atoms with Gasteiger partial charge in [-0.25, -0.2) is 0 Å². The van der Waals surface area contributed by atoms with Crippen LogP contribution in [0.4, 0.5) is 5.69 Å². The molecule has 1 aromatic rings. The van der Waals surface area contributed by atoms with Crippen molar-refractivity contribution in [1.29, 1.82) is 0 Å². The standard InChI is InChI=1S/C14H19BrN2S/c1-14(7-2-3-8-14)9-17-11-6-4-5-10(15)12(11)13(16)18/h4-6,17H,2-3,7-9H2,1H3,(H2,16,18). The van der Waals surface area contributed by atoms with E-state index in [0.717, 1.165) is 22.3 Å². The fraction of sp³-hybridized carbons (Fsp3) is 0.500. The van der Waals surface area contributed by atoms with E-state index in [1.54, 1.807) is 0 Å². The van der Waals surface area contributed by atoms with Crippen LogP contribution in [0.25, 0.3) is 0 Å². The first-order valence-corrected chi connectivity index (χ1v) is 7.54. The van der Waals surface area contributed by atoms with Gasteiger partial charge in [0, 0.05) is 22.3 Å². The van der Waals surface area contributed by atoms with Crippen LogP contribution in [0.5, 0.6) is 0 Å². The summed E-state index contributed by atoms with van der Waals surface area (Å²) in [7, 11) is 0.